The predicted molar refractivity (Wildman–Crippen MR) is 112 cm³/mol. The summed E-state index contributed by atoms with van der Waals surface area (Å²) in [7, 11) is -2.00. The van der Waals surface area contributed by atoms with Crippen LogP contribution in [-0.2, 0) is 14.8 Å². The maximum atomic E-state index is 12.5. The third-order valence-electron chi connectivity index (χ3n) is 4.49. The lowest BCUT2D eigenvalue weighted by Gasteiger charge is -2.21. The molecule has 0 fully saturated rings. The highest BCUT2D eigenvalue weighted by atomic mass is 32.2. The first-order valence-electron chi connectivity index (χ1n) is 8.85. The van der Waals surface area contributed by atoms with E-state index in [1.165, 1.54) is 28.2 Å². The van der Waals surface area contributed by atoms with Crippen LogP contribution in [0.4, 0.5) is 5.69 Å². The molecular weight excluding hydrogens is 396 g/mol. The van der Waals surface area contributed by atoms with Crippen LogP contribution in [0, 0.1) is 20.8 Å². The Morgan fingerprint density at radius 3 is 2.14 bits per heavy atom. The molecule has 1 heterocycles. The number of rotatable bonds is 7. The van der Waals surface area contributed by atoms with Crippen LogP contribution in [0.15, 0.2) is 34.3 Å². The summed E-state index contributed by atoms with van der Waals surface area (Å²) in [5.74, 6) is -0.0441. The number of thioether (sulfide) groups is 1. The highest BCUT2D eigenvalue weighted by Gasteiger charge is 2.22. The van der Waals surface area contributed by atoms with Gasteiger partial charge in [0.15, 0.2) is 5.16 Å². The molecule has 1 aromatic carbocycles. The maximum Gasteiger partial charge on any atom is 0.243 e. The average molecular weight is 423 g/mol. The number of carbonyl (C=O) groups is 1. The predicted octanol–water partition coefficient (Wildman–Crippen LogP) is 3.16. The fourth-order valence-electron chi connectivity index (χ4n) is 2.29. The van der Waals surface area contributed by atoms with Crippen molar-refractivity contribution in [1.82, 2.24) is 14.3 Å². The summed E-state index contributed by atoms with van der Waals surface area (Å²) in [6.07, 6.45) is 0. The highest BCUT2D eigenvalue weighted by Crippen LogP contribution is 2.20. The van der Waals surface area contributed by atoms with Crippen LogP contribution in [0.5, 0.6) is 0 Å². The molecule has 0 saturated heterocycles. The van der Waals surface area contributed by atoms with Crippen LogP contribution in [0.1, 0.15) is 30.8 Å². The molecule has 28 heavy (non-hydrogen) atoms. The average Bonchev–Trinajstić information content (AvgIpc) is 2.64. The monoisotopic (exact) mass is 422 g/mol. The first-order chi connectivity index (χ1) is 13.0. The van der Waals surface area contributed by atoms with Gasteiger partial charge in [-0.25, -0.2) is 18.4 Å². The molecule has 2 aromatic rings. The van der Waals surface area contributed by atoms with Crippen LogP contribution >= 0.6 is 11.8 Å². The van der Waals surface area contributed by atoms with Gasteiger partial charge in [-0.15, -0.1) is 0 Å². The number of anilines is 1. The van der Waals surface area contributed by atoms with Gasteiger partial charge in [0.25, 0.3) is 0 Å². The number of sulfonamides is 1. The van der Waals surface area contributed by atoms with Crippen LogP contribution in [0.2, 0.25) is 0 Å². The summed E-state index contributed by atoms with van der Waals surface area (Å²) in [5, 5.41) is 3.32. The first kappa shape index (κ1) is 22.3. The SMILES string of the molecule is Cc1nc(SCC(=O)Nc2ccc(S(=O)(=O)N(C)C(C)C)cc2)nc(C)c1C. The number of nitrogens with one attached hydrogen (secondary N) is 1. The second-order valence-corrected chi connectivity index (χ2v) is 9.72. The maximum absolute atomic E-state index is 12.5. The minimum Gasteiger partial charge on any atom is -0.325 e. The Balaban J connectivity index is 2.00. The Morgan fingerprint density at radius 1 is 1.11 bits per heavy atom. The third kappa shape index (κ3) is 5.30. The van der Waals surface area contributed by atoms with Crippen LogP contribution in [0.25, 0.3) is 0 Å². The minimum absolute atomic E-state index is 0.141. The molecule has 0 saturated carbocycles. The Labute approximate surface area is 171 Å². The van der Waals surface area contributed by atoms with E-state index in [9.17, 15) is 13.2 Å². The smallest absolute Gasteiger partial charge is 0.243 e. The zero-order chi connectivity index (χ0) is 21.1. The van der Waals surface area contributed by atoms with Gasteiger partial charge >= 0.3 is 0 Å². The topological polar surface area (TPSA) is 92.3 Å². The Morgan fingerprint density at radius 2 is 1.64 bits per heavy atom. The molecule has 0 spiro atoms. The molecule has 1 N–H and O–H groups in total. The van der Waals surface area contributed by atoms with Crippen molar-refractivity contribution >= 4 is 33.4 Å². The van der Waals surface area contributed by atoms with Gasteiger partial charge in [-0.1, -0.05) is 11.8 Å². The summed E-state index contributed by atoms with van der Waals surface area (Å²) in [4.78, 5) is 21.1. The van der Waals surface area contributed by atoms with E-state index in [1.54, 1.807) is 19.2 Å². The summed E-state index contributed by atoms with van der Waals surface area (Å²) >= 11 is 1.26. The van der Waals surface area contributed by atoms with E-state index in [2.05, 4.69) is 15.3 Å². The second kappa shape index (κ2) is 9.02. The van der Waals surface area contributed by atoms with Gasteiger partial charge in [-0.05, 0) is 64.4 Å². The van der Waals surface area contributed by atoms with Crippen LogP contribution < -0.4 is 5.32 Å². The van der Waals surface area contributed by atoms with Crippen LogP contribution in [-0.4, -0.2) is 47.4 Å². The summed E-state index contributed by atoms with van der Waals surface area (Å²) in [6, 6.07) is 6.01. The molecule has 9 heteroatoms. The van der Waals surface area contributed by atoms with Crippen molar-refractivity contribution in [2.75, 3.05) is 18.1 Å². The van der Waals surface area contributed by atoms with Gasteiger partial charge in [-0.2, -0.15) is 4.31 Å². The zero-order valence-corrected chi connectivity index (χ0v) is 18.6. The molecule has 0 unspecified atom stereocenters. The Bertz CT molecular complexity index is 935. The normalized spacial score (nSPS) is 11.9. The first-order valence-corrected chi connectivity index (χ1v) is 11.3. The molecule has 0 atom stereocenters. The van der Waals surface area contributed by atoms with E-state index in [-0.39, 0.29) is 22.6 Å². The molecule has 1 amide bonds. The summed E-state index contributed by atoms with van der Waals surface area (Å²) in [5.41, 5.74) is 3.39. The second-order valence-electron chi connectivity index (χ2n) is 6.78. The molecule has 0 bridgehead atoms. The van der Waals surface area contributed by atoms with Crippen molar-refractivity contribution in [1.29, 1.82) is 0 Å². The molecule has 7 nitrogen and oxygen atoms in total. The Hall–Kier alpha value is -1.97. The minimum atomic E-state index is -3.54. The Kier molecular flexibility index (Phi) is 7.19. The van der Waals surface area contributed by atoms with Gasteiger partial charge in [0.05, 0.1) is 10.6 Å². The molecule has 0 radical (unpaired) electrons. The number of carbonyl (C=O) groups excluding carboxylic acids is 1. The lowest BCUT2D eigenvalue weighted by atomic mass is 10.2. The van der Waals surface area contributed by atoms with E-state index in [4.69, 9.17) is 0 Å². The van der Waals surface area contributed by atoms with Crippen molar-refractivity contribution in [2.24, 2.45) is 0 Å². The van der Waals surface area contributed by atoms with Gasteiger partial charge in [0, 0.05) is 30.2 Å². The molecular formula is C19H26N4O3S2. The summed E-state index contributed by atoms with van der Waals surface area (Å²) < 4.78 is 26.2. The lowest BCUT2D eigenvalue weighted by Crippen LogP contribution is -2.33. The van der Waals surface area contributed by atoms with Crippen LogP contribution in [0.3, 0.4) is 0 Å². The van der Waals surface area contributed by atoms with Crippen molar-refractivity contribution in [2.45, 2.75) is 50.7 Å². The molecule has 0 aliphatic rings. The summed E-state index contributed by atoms with van der Waals surface area (Å²) in [6.45, 7) is 9.42. The van der Waals surface area contributed by atoms with Gasteiger partial charge in [0.2, 0.25) is 15.9 Å². The van der Waals surface area contributed by atoms with E-state index in [0.29, 0.717) is 10.8 Å². The van der Waals surface area contributed by atoms with E-state index >= 15 is 0 Å². The number of nitrogens with zero attached hydrogens (tertiary/aromatic N) is 3. The van der Waals surface area contributed by atoms with E-state index in [0.717, 1.165) is 17.0 Å². The molecule has 152 valence electrons. The van der Waals surface area contributed by atoms with Gasteiger partial charge in [0.1, 0.15) is 0 Å². The zero-order valence-electron chi connectivity index (χ0n) is 17.0. The van der Waals surface area contributed by atoms with Crippen molar-refractivity contribution in [3.63, 3.8) is 0 Å². The van der Waals surface area contributed by atoms with Crippen molar-refractivity contribution < 1.29 is 13.2 Å². The number of aromatic nitrogens is 2. The van der Waals surface area contributed by atoms with E-state index in [1.807, 2.05) is 34.6 Å². The van der Waals surface area contributed by atoms with Gasteiger partial charge < -0.3 is 5.32 Å². The number of hydrogen-bond donors (Lipinski definition) is 1. The quantitative estimate of drug-likeness (QED) is 0.544. The largest absolute Gasteiger partial charge is 0.325 e. The van der Waals surface area contributed by atoms with Gasteiger partial charge in [-0.3, -0.25) is 4.79 Å². The number of aryl methyl sites for hydroxylation is 2. The van der Waals surface area contributed by atoms with Crippen molar-refractivity contribution in [3.8, 4) is 0 Å². The fraction of sp³-hybridized carbons (Fsp3) is 0.421. The molecule has 1 aromatic heterocycles. The number of hydrogen-bond acceptors (Lipinski definition) is 6. The molecule has 0 aliphatic carbocycles. The third-order valence-corrected chi connectivity index (χ3v) is 7.38. The number of benzene rings is 1. The van der Waals surface area contributed by atoms with Crippen molar-refractivity contribution in [3.05, 3.63) is 41.2 Å². The highest BCUT2D eigenvalue weighted by molar-refractivity contribution is 7.99. The lowest BCUT2D eigenvalue weighted by molar-refractivity contribution is -0.113. The molecule has 2 rings (SSSR count). The fourth-order valence-corrected chi connectivity index (χ4v) is 4.39. The molecule has 0 aliphatic heterocycles. The standard InChI is InChI=1S/C19H26N4O3S2/c1-12(2)23(6)28(25,26)17-9-7-16(8-10-17)22-18(24)11-27-19-20-14(4)13(3)15(5)21-19/h7-10,12H,11H2,1-6H3,(H,22,24). The number of amides is 1. The van der Waals surface area contributed by atoms with E-state index < -0.39 is 10.0 Å².